The van der Waals surface area contributed by atoms with E-state index in [1.54, 1.807) is 7.11 Å². The minimum atomic E-state index is -0.00175. The lowest BCUT2D eigenvalue weighted by Crippen LogP contribution is -2.44. The van der Waals surface area contributed by atoms with E-state index in [9.17, 15) is 4.79 Å². The highest BCUT2D eigenvalue weighted by Crippen LogP contribution is 2.28. The number of rotatable bonds is 3. The Labute approximate surface area is 97.3 Å². The van der Waals surface area contributed by atoms with Crippen LogP contribution in [0.4, 0.5) is 0 Å². The molecule has 0 radical (unpaired) electrons. The van der Waals surface area contributed by atoms with Crippen molar-refractivity contribution in [1.29, 1.82) is 0 Å². The molecule has 2 aliphatic rings. The minimum absolute atomic E-state index is 0.00175. The van der Waals surface area contributed by atoms with Crippen molar-refractivity contribution < 1.29 is 9.53 Å². The molecule has 1 saturated carbocycles. The van der Waals surface area contributed by atoms with Gasteiger partial charge < -0.3 is 9.64 Å². The van der Waals surface area contributed by atoms with Gasteiger partial charge in [-0.3, -0.25) is 10.1 Å². The lowest BCUT2D eigenvalue weighted by molar-refractivity contribution is -0.133. The zero-order valence-electron chi connectivity index (χ0n) is 10.4. The third-order valence-corrected chi connectivity index (χ3v) is 3.82. The number of hydrogen-bond donors (Lipinski definition) is 1. The summed E-state index contributed by atoms with van der Waals surface area (Å²) in [7, 11) is 1.75. The molecular formula is C12H22N2O2. The molecular weight excluding hydrogens is 204 g/mol. The molecule has 0 bridgehead atoms. The van der Waals surface area contributed by atoms with Crippen LogP contribution in [-0.4, -0.2) is 42.8 Å². The second-order valence-corrected chi connectivity index (χ2v) is 5.16. The Balaban J connectivity index is 2.03. The van der Waals surface area contributed by atoms with E-state index >= 15 is 0 Å². The zero-order chi connectivity index (χ0) is 11.7. The van der Waals surface area contributed by atoms with Gasteiger partial charge in [0.15, 0.2) is 0 Å². The maximum Gasteiger partial charge on any atom is 0.241 e. The number of ether oxygens (including phenoxy) is 1. The van der Waals surface area contributed by atoms with Crippen LogP contribution < -0.4 is 5.32 Å². The summed E-state index contributed by atoms with van der Waals surface area (Å²) in [6, 6.07) is 0.284. The van der Waals surface area contributed by atoms with Crippen LogP contribution in [0.25, 0.3) is 0 Å². The third kappa shape index (κ3) is 1.96. The first-order valence-electron chi connectivity index (χ1n) is 6.21. The lowest BCUT2D eigenvalue weighted by atomic mass is 10.0. The minimum Gasteiger partial charge on any atom is -0.379 e. The van der Waals surface area contributed by atoms with E-state index in [4.69, 9.17) is 4.74 Å². The van der Waals surface area contributed by atoms with Crippen molar-refractivity contribution in [1.82, 2.24) is 10.2 Å². The van der Waals surface area contributed by atoms with Gasteiger partial charge in [-0.05, 0) is 25.2 Å². The number of methoxy groups -OCH3 is 1. The Morgan fingerprint density at radius 3 is 2.75 bits per heavy atom. The Morgan fingerprint density at radius 1 is 1.44 bits per heavy atom. The van der Waals surface area contributed by atoms with Crippen molar-refractivity contribution in [3.05, 3.63) is 0 Å². The van der Waals surface area contributed by atoms with Crippen LogP contribution in [0.3, 0.4) is 0 Å². The van der Waals surface area contributed by atoms with Crippen molar-refractivity contribution in [3.8, 4) is 0 Å². The molecule has 3 unspecified atom stereocenters. The lowest BCUT2D eigenvalue weighted by Gasteiger charge is -2.28. The molecule has 0 aromatic heterocycles. The number of amides is 1. The summed E-state index contributed by atoms with van der Waals surface area (Å²) >= 11 is 0. The molecule has 0 aromatic rings. The van der Waals surface area contributed by atoms with Crippen LogP contribution in [0.2, 0.25) is 0 Å². The molecule has 1 heterocycles. The maximum atomic E-state index is 12.2. The van der Waals surface area contributed by atoms with Gasteiger partial charge in [0, 0.05) is 7.11 Å². The molecule has 1 amide bonds. The highest BCUT2D eigenvalue weighted by molar-refractivity contribution is 5.84. The standard InChI is InChI=1S/C12H22N2O2/c1-8(2)11-12(15)14(7-13-11)9-5-4-6-10(9)16-3/h8-11,13H,4-7H2,1-3H3. The van der Waals surface area contributed by atoms with Gasteiger partial charge in [0.25, 0.3) is 0 Å². The van der Waals surface area contributed by atoms with E-state index < -0.39 is 0 Å². The summed E-state index contributed by atoms with van der Waals surface area (Å²) in [5, 5.41) is 3.30. The first kappa shape index (κ1) is 11.9. The zero-order valence-corrected chi connectivity index (χ0v) is 10.4. The molecule has 0 spiro atoms. The Morgan fingerprint density at radius 2 is 2.19 bits per heavy atom. The van der Waals surface area contributed by atoms with Crippen LogP contribution in [0.1, 0.15) is 33.1 Å². The molecule has 2 rings (SSSR count). The number of nitrogens with one attached hydrogen (secondary N) is 1. The summed E-state index contributed by atoms with van der Waals surface area (Å²) in [4.78, 5) is 14.2. The topological polar surface area (TPSA) is 41.6 Å². The van der Waals surface area contributed by atoms with Gasteiger partial charge in [-0.25, -0.2) is 0 Å². The van der Waals surface area contributed by atoms with Crippen LogP contribution >= 0.6 is 0 Å². The average Bonchev–Trinajstić information content (AvgIpc) is 2.82. The SMILES string of the molecule is COC1CCCC1N1CNC(C(C)C)C1=O. The Bertz CT molecular complexity index is 268. The average molecular weight is 226 g/mol. The molecule has 1 N–H and O–H groups in total. The van der Waals surface area contributed by atoms with Crippen LogP contribution in [-0.2, 0) is 9.53 Å². The Hall–Kier alpha value is -0.610. The van der Waals surface area contributed by atoms with Gasteiger partial charge in [-0.1, -0.05) is 13.8 Å². The molecule has 1 aliphatic heterocycles. The van der Waals surface area contributed by atoms with Gasteiger partial charge in [-0.2, -0.15) is 0 Å². The van der Waals surface area contributed by atoms with Crippen molar-refractivity contribution in [3.63, 3.8) is 0 Å². The van der Waals surface area contributed by atoms with E-state index in [2.05, 4.69) is 19.2 Å². The number of carbonyl (C=O) groups excluding carboxylic acids is 1. The summed E-state index contributed by atoms with van der Waals surface area (Å²) in [5.41, 5.74) is 0. The van der Waals surface area contributed by atoms with Gasteiger partial charge in [0.1, 0.15) is 0 Å². The predicted octanol–water partition coefficient (Wildman–Crippen LogP) is 0.968. The van der Waals surface area contributed by atoms with E-state index in [1.165, 1.54) is 6.42 Å². The molecule has 2 fully saturated rings. The molecule has 0 aromatic carbocycles. The molecule has 16 heavy (non-hydrogen) atoms. The second-order valence-electron chi connectivity index (χ2n) is 5.16. The van der Waals surface area contributed by atoms with E-state index in [1.807, 2.05) is 4.90 Å². The van der Waals surface area contributed by atoms with Crippen molar-refractivity contribution >= 4 is 5.91 Å². The molecule has 1 aliphatic carbocycles. The Kier molecular flexibility index (Phi) is 3.50. The van der Waals surface area contributed by atoms with Gasteiger partial charge in [-0.15, -0.1) is 0 Å². The van der Waals surface area contributed by atoms with Gasteiger partial charge in [0.2, 0.25) is 5.91 Å². The van der Waals surface area contributed by atoms with Crippen molar-refractivity contribution in [2.24, 2.45) is 5.92 Å². The quantitative estimate of drug-likeness (QED) is 0.779. The highest BCUT2D eigenvalue weighted by atomic mass is 16.5. The predicted molar refractivity (Wildman–Crippen MR) is 61.9 cm³/mol. The molecule has 92 valence electrons. The fourth-order valence-electron chi connectivity index (χ4n) is 2.88. The number of nitrogens with zero attached hydrogens (tertiary/aromatic N) is 1. The highest BCUT2D eigenvalue weighted by Gasteiger charge is 2.41. The smallest absolute Gasteiger partial charge is 0.241 e. The number of hydrogen-bond acceptors (Lipinski definition) is 3. The maximum absolute atomic E-state index is 12.2. The fraction of sp³-hybridized carbons (Fsp3) is 0.917. The molecule has 4 heteroatoms. The van der Waals surface area contributed by atoms with Crippen molar-refractivity contribution in [2.45, 2.75) is 51.3 Å². The fourth-order valence-corrected chi connectivity index (χ4v) is 2.88. The van der Waals surface area contributed by atoms with E-state index in [0.29, 0.717) is 12.6 Å². The third-order valence-electron chi connectivity index (χ3n) is 3.82. The first-order valence-corrected chi connectivity index (χ1v) is 6.21. The monoisotopic (exact) mass is 226 g/mol. The van der Waals surface area contributed by atoms with E-state index in [0.717, 1.165) is 12.8 Å². The second kappa shape index (κ2) is 4.72. The van der Waals surface area contributed by atoms with Gasteiger partial charge >= 0.3 is 0 Å². The summed E-state index contributed by atoms with van der Waals surface area (Å²) in [6.45, 7) is 4.86. The van der Waals surface area contributed by atoms with Crippen LogP contribution in [0.5, 0.6) is 0 Å². The van der Waals surface area contributed by atoms with E-state index in [-0.39, 0.29) is 24.1 Å². The summed E-state index contributed by atoms with van der Waals surface area (Å²) < 4.78 is 5.46. The summed E-state index contributed by atoms with van der Waals surface area (Å²) in [6.07, 6.45) is 3.56. The van der Waals surface area contributed by atoms with Crippen LogP contribution in [0, 0.1) is 5.92 Å². The van der Waals surface area contributed by atoms with Crippen molar-refractivity contribution in [2.75, 3.05) is 13.8 Å². The molecule has 1 saturated heterocycles. The van der Waals surface area contributed by atoms with Crippen LogP contribution in [0.15, 0.2) is 0 Å². The van der Waals surface area contributed by atoms with Gasteiger partial charge in [0.05, 0.1) is 24.9 Å². The largest absolute Gasteiger partial charge is 0.379 e. The summed E-state index contributed by atoms with van der Waals surface area (Å²) in [5.74, 6) is 0.615. The normalized spacial score (nSPS) is 35.4. The first-order chi connectivity index (χ1) is 7.65. The molecule has 4 nitrogen and oxygen atoms in total. The number of carbonyl (C=O) groups is 1. The molecule has 3 atom stereocenters.